The first-order valence-electron chi connectivity index (χ1n) is 7.57. The number of carbonyl (C=O) groups is 1. The predicted octanol–water partition coefficient (Wildman–Crippen LogP) is 0.591. The molecule has 0 radical (unpaired) electrons. The quantitative estimate of drug-likeness (QED) is 0.822. The van der Waals surface area contributed by atoms with E-state index in [9.17, 15) is 4.79 Å². The van der Waals surface area contributed by atoms with Crippen LogP contribution in [0.15, 0.2) is 31.0 Å². The zero-order valence-electron chi connectivity index (χ0n) is 13.3. The van der Waals surface area contributed by atoms with Crippen molar-refractivity contribution < 1.29 is 9.53 Å². The van der Waals surface area contributed by atoms with Crippen molar-refractivity contribution in [2.45, 2.75) is 13.0 Å². The molecule has 1 atom stereocenters. The third-order valence-electron chi connectivity index (χ3n) is 4.06. The van der Waals surface area contributed by atoms with Crippen LogP contribution in [0.5, 0.6) is 5.75 Å². The maximum Gasteiger partial charge on any atom is 0.247 e. The molecular weight excluding hydrogens is 296 g/mol. The van der Waals surface area contributed by atoms with Crippen molar-refractivity contribution in [1.82, 2.24) is 24.6 Å². The van der Waals surface area contributed by atoms with Crippen LogP contribution in [-0.2, 0) is 4.79 Å². The fraction of sp³-hybridized carbons (Fsp3) is 0.467. The number of hydrogen-bond donors (Lipinski definition) is 0. The van der Waals surface area contributed by atoms with Crippen LogP contribution in [0.1, 0.15) is 13.0 Å². The lowest BCUT2D eigenvalue weighted by Gasteiger charge is -2.36. The molecule has 0 N–H and O–H groups in total. The van der Waals surface area contributed by atoms with Gasteiger partial charge in [0.1, 0.15) is 30.3 Å². The Balaban J connectivity index is 1.60. The zero-order valence-corrected chi connectivity index (χ0v) is 13.3. The maximum atomic E-state index is 12.5. The van der Waals surface area contributed by atoms with Gasteiger partial charge in [-0.1, -0.05) is 0 Å². The molecule has 8 heteroatoms. The second-order valence-electron chi connectivity index (χ2n) is 5.42. The molecule has 3 rings (SSSR count). The van der Waals surface area contributed by atoms with Gasteiger partial charge in [-0.05, 0) is 13.0 Å². The summed E-state index contributed by atoms with van der Waals surface area (Å²) in [5, 5.41) is 4.04. The third-order valence-corrected chi connectivity index (χ3v) is 4.06. The van der Waals surface area contributed by atoms with Gasteiger partial charge in [-0.15, -0.1) is 0 Å². The lowest BCUT2D eigenvalue weighted by Crippen LogP contribution is -2.50. The Morgan fingerprint density at radius 3 is 2.74 bits per heavy atom. The Bertz CT molecular complexity index is 652. The zero-order chi connectivity index (χ0) is 16.2. The highest BCUT2D eigenvalue weighted by Crippen LogP contribution is 2.20. The number of hydrogen-bond acceptors (Lipinski definition) is 6. The largest absolute Gasteiger partial charge is 0.497 e. The van der Waals surface area contributed by atoms with Crippen LogP contribution >= 0.6 is 0 Å². The molecular formula is C15H20N6O2. The van der Waals surface area contributed by atoms with E-state index >= 15 is 0 Å². The minimum absolute atomic E-state index is 0.0637. The molecule has 2 aromatic heterocycles. The van der Waals surface area contributed by atoms with E-state index in [1.54, 1.807) is 24.3 Å². The number of methoxy groups -OCH3 is 1. The Hall–Kier alpha value is -2.64. The lowest BCUT2D eigenvalue weighted by atomic mass is 10.2. The van der Waals surface area contributed by atoms with Crippen molar-refractivity contribution in [2.75, 3.05) is 38.2 Å². The summed E-state index contributed by atoms with van der Waals surface area (Å²) in [5.74, 6) is 1.72. The molecule has 1 unspecified atom stereocenters. The highest BCUT2D eigenvalue weighted by Gasteiger charge is 2.26. The number of pyridine rings is 1. The van der Waals surface area contributed by atoms with Gasteiger partial charge in [-0.25, -0.2) is 14.6 Å². The summed E-state index contributed by atoms with van der Waals surface area (Å²) in [4.78, 5) is 24.8. The van der Waals surface area contributed by atoms with Crippen molar-refractivity contribution >= 4 is 11.7 Å². The number of rotatable bonds is 4. The van der Waals surface area contributed by atoms with Crippen LogP contribution in [-0.4, -0.2) is 63.8 Å². The normalized spacial score (nSPS) is 16.3. The summed E-state index contributed by atoms with van der Waals surface area (Å²) < 4.78 is 6.81. The van der Waals surface area contributed by atoms with Crippen molar-refractivity contribution in [3.8, 4) is 5.75 Å². The Labute approximate surface area is 134 Å². The van der Waals surface area contributed by atoms with Crippen LogP contribution < -0.4 is 9.64 Å². The second-order valence-corrected chi connectivity index (χ2v) is 5.42. The highest BCUT2D eigenvalue weighted by atomic mass is 16.5. The molecule has 0 spiro atoms. The molecule has 0 saturated carbocycles. The topological polar surface area (TPSA) is 76.4 Å². The molecule has 2 aromatic rings. The van der Waals surface area contributed by atoms with Gasteiger partial charge in [-0.3, -0.25) is 4.79 Å². The van der Waals surface area contributed by atoms with Crippen molar-refractivity contribution in [3.05, 3.63) is 31.0 Å². The predicted molar refractivity (Wildman–Crippen MR) is 84.3 cm³/mol. The standard InChI is InChI=1S/C15H20N6O2/c1-12(21-11-16-10-18-21)15(22)20-7-5-19(6-8-20)14-9-13(23-2)3-4-17-14/h3-4,9-12H,5-8H2,1-2H3. The molecule has 1 fully saturated rings. The number of ether oxygens (including phenoxy) is 1. The number of aromatic nitrogens is 4. The molecule has 23 heavy (non-hydrogen) atoms. The Morgan fingerprint density at radius 1 is 1.30 bits per heavy atom. The minimum atomic E-state index is -0.334. The first-order chi connectivity index (χ1) is 11.2. The van der Waals surface area contributed by atoms with Gasteiger partial charge >= 0.3 is 0 Å². The van der Waals surface area contributed by atoms with Gasteiger partial charge in [0.15, 0.2) is 0 Å². The highest BCUT2D eigenvalue weighted by molar-refractivity contribution is 5.80. The smallest absolute Gasteiger partial charge is 0.247 e. The Kier molecular flexibility index (Phi) is 4.40. The second kappa shape index (κ2) is 6.64. The van der Waals surface area contributed by atoms with E-state index in [1.807, 2.05) is 24.0 Å². The molecule has 1 amide bonds. The van der Waals surface area contributed by atoms with E-state index < -0.39 is 0 Å². The number of anilines is 1. The van der Waals surface area contributed by atoms with Gasteiger partial charge in [0, 0.05) is 38.4 Å². The first kappa shape index (κ1) is 15.3. The van der Waals surface area contributed by atoms with E-state index in [1.165, 1.54) is 6.33 Å². The van der Waals surface area contributed by atoms with Gasteiger partial charge in [0.2, 0.25) is 5.91 Å². The lowest BCUT2D eigenvalue weighted by molar-refractivity contribution is -0.134. The molecule has 0 bridgehead atoms. The van der Waals surface area contributed by atoms with Crippen molar-refractivity contribution in [1.29, 1.82) is 0 Å². The molecule has 1 saturated heterocycles. The van der Waals surface area contributed by atoms with Gasteiger partial charge in [0.25, 0.3) is 0 Å². The van der Waals surface area contributed by atoms with E-state index in [-0.39, 0.29) is 11.9 Å². The van der Waals surface area contributed by atoms with Gasteiger partial charge in [0.05, 0.1) is 7.11 Å². The molecule has 1 aliphatic rings. The van der Waals surface area contributed by atoms with Crippen LogP contribution in [0.3, 0.4) is 0 Å². The molecule has 1 aliphatic heterocycles. The summed E-state index contributed by atoms with van der Waals surface area (Å²) in [6.45, 7) is 4.66. The summed E-state index contributed by atoms with van der Waals surface area (Å²) in [6.07, 6.45) is 4.74. The molecule has 3 heterocycles. The van der Waals surface area contributed by atoms with Crippen molar-refractivity contribution in [3.63, 3.8) is 0 Å². The van der Waals surface area contributed by atoms with E-state index in [2.05, 4.69) is 20.0 Å². The van der Waals surface area contributed by atoms with Crippen LogP contribution in [0.4, 0.5) is 5.82 Å². The molecule has 122 valence electrons. The first-order valence-corrected chi connectivity index (χ1v) is 7.57. The average Bonchev–Trinajstić information content (AvgIpc) is 3.15. The van der Waals surface area contributed by atoms with Gasteiger partial charge in [-0.2, -0.15) is 5.10 Å². The molecule has 0 aliphatic carbocycles. The molecule has 8 nitrogen and oxygen atoms in total. The summed E-state index contributed by atoms with van der Waals surface area (Å²) in [6, 6.07) is 3.40. The minimum Gasteiger partial charge on any atom is -0.497 e. The van der Waals surface area contributed by atoms with E-state index in [4.69, 9.17) is 4.74 Å². The fourth-order valence-corrected chi connectivity index (χ4v) is 2.65. The van der Waals surface area contributed by atoms with Crippen LogP contribution in [0, 0.1) is 0 Å². The molecule has 0 aromatic carbocycles. The monoisotopic (exact) mass is 316 g/mol. The average molecular weight is 316 g/mol. The Morgan fingerprint density at radius 2 is 2.09 bits per heavy atom. The number of nitrogens with zero attached hydrogens (tertiary/aromatic N) is 6. The van der Waals surface area contributed by atoms with E-state index in [0.29, 0.717) is 13.1 Å². The van der Waals surface area contributed by atoms with Crippen LogP contribution in [0.25, 0.3) is 0 Å². The summed E-state index contributed by atoms with van der Waals surface area (Å²) in [7, 11) is 1.64. The van der Waals surface area contributed by atoms with E-state index in [0.717, 1.165) is 24.7 Å². The fourth-order valence-electron chi connectivity index (χ4n) is 2.65. The number of carbonyl (C=O) groups excluding carboxylic acids is 1. The number of piperazine rings is 1. The van der Waals surface area contributed by atoms with Crippen molar-refractivity contribution in [2.24, 2.45) is 0 Å². The van der Waals surface area contributed by atoms with Crippen LogP contribution in [0.2, 0.25) is 0 Å². The number of amides is 1. The third kappa shape index (κ3) is 3.25. The summed E-state index contributed by atoms with van der Waals surface area (Å²) >= 11 is 0. The summed E-state index contributed by atoms with van der Waals surface area (Å²) in [5.41, 5.74) is 0. The SMILES string of the molecule is COc1ccnc(N2CCN(C(=O)C(C)n3cncn3)CC2)c1. The van der Waals surface area contributed by atoms with Gasteiger partial charge < -0.3 is 14.5 Å². The maximum absolute atomic E-state index is 12.5.